The third kappa shape index (κ3) is 4.29. The monoisotopic (exact) mass is 208 g/mol. The van der Waals surface area contributed by atoms with E-state index in [1.54, 1.807) is 0 Å². The van der Waals surface area contributed by atoms with Crippen molar-refractivity contribution in [2.75, 3.05) is 0 Å². The molecular weight excluding hydrogens is 192 g/mol. The molecule has 0 rings (SSSR count). The van der Waals surface area contributed by atoms with Crippen LogP contribution in [0.25, 0.3) is 0 Å². The first kappa shape index (κ1) is 10.4. The summed E-state index contributed by atoms with van der Waals surface area (Å²) < 4.78 is 0. The standard InChI is InChI=1S/C8H17BrO/c1-4-7(9)8(10)5-6(2)3/h6-8,10H,4-5H2,1-3H3. The maximum absolute atomic E-state index is 9.44. The quantitative estimate of drug-likeness (QED) is 0.705. The second kappa shape index (κ2) is 5.14. The molecule has 2 atom stereocenters. The molecule has 0 saturated heterocycles. The molecule has 1 nitrogen and oxygen atoms in total. The minimum Gasteiger partial charge on any atom is -0.392 e. The van der Waals surface area contributed by atoms with Crippen LogP contribution in [0.5, 0.6) is 0 Å². The smallest absolute Gasteiger partial charge is 0.0667 e. The predicted molar refractivity (Wildman–Crippen MR) is 48.5 cm³/mol. The zero-order chi connectivity index (χ0) is 8.15. The molecule has 62 valence electrons. The molecule has 0 aliphatic carbocycles. The van der Waals surface area contributed by atoms with Crippen molar-refractivity contribution in [3.8, 4) is 0 Å². The Morgan fingerprint density at radius 1 is 1.40 bits per heavy atom. The van der Waals surface area contributed by atoms with Crippen molar-refractivity contribution >= 4 is 15.9 Å². The Kier molecular flexibility index (Phi) is 5.36. The minimum atomic E-state index is -0.176. The average molecular weight is 209 g/mol. The lowest BCUT2D eigenvalue weighted by Crippen LogP contribution is -2.21. The van der Waals surface area contributed by atoms with Crippen LogP contribution in [0.2, 0.25) is 0 Å². The van der Waals surface area contributed by atoms with Gasteiger partial charge in [0.25, 0.3) is 0 Å². The molecule has 0 aliphatic heterocycles. The molecule has 1 N–H and O–H groups in total. The van der Waals surface area contributed by atoms with Crippen LogP contribution in [0.4, 0.5) is 0 Å². The average Bonchev–Trinajstić information content (AvgIpc) is 1.85. The summed E-state index contributed by atoms with van der Waals surface area (Å²) >= 11 is 3.42. The van der Waals surface area contributed by atoms with Gasteiger partial charge in [-0.2, -0.15) is 0 Å². The molecule has 0 spiro atoms. The SMILES string of the molecule is CCC(Br)C(O)CC(C)C. The number of alkyl halides is 1. The summed E-state index contributed by atoms with van der Waals surface area (Å²) in [5.74, 6) is 0.585. The van der Waals surface area contributed by atoms with Gasteiger partial charge in [-0.3, -0.25) is 0 Å². The van der Waals surface area contributed by atoms with Crippen molar-refractivity contribution in [2.24, 2.45) is 5.92 Å². The molecular formula is C8H17BrO. The first-order chi connectivity index (χ1) is 4.57. The zero-order valence-corrected chi connectivity index (χ0v) is 8.56. The lowest BCUT2D eigenvalue weighted by molar-refractivity contribution is 0.146. The number of aliphatic hydroxyl groups excluding tert-OH is 1. The molecule has 0 radical (unpaired) electrons. The lowest BCUT2D eigenvalue weighted by Gasteiger charge is -2.17. The second-order valence-electron chi connectivity index (χ2n) is 3.12. The van der Waals surface area contributed by atoms with Crippen LogP contribution in [0.1, 0.15) is 33.6 Å². The maximum Gasteiger partial charge on any atom is 0.0667 e. The fraction of sp³-hybridized carbons (Fsp3) is 1.00. The molecule has 0 bridgehead atoms. The minimum absolute atomic E-state index is 0.176. The molecule has 0 aromatic rings. The van der Waals surface area contributed by atoms with Crippen LogP contribution in [0.3, 0.4) is 0 Å². The number of halogens is 1. The number of hydrogen-bond donors (Lipinski definition) is 1. The summed E-state index contributed by atoms with van der Waals surface area (Å²) in [4.78, 5) is 0.273. The topological polar surface area (TPSA) is 20.2 Å². The molecule has 0 aromatic heterocycles. The van der Waals surface area contributed by atoms with Crippen LogP contribution in [-0.4, -0.2) is 16.0 Å². The Balaban J connectivity index is 3.50. The molecule has 2 heteroatoms. The lowest BCUT2D eigenvalue weighted by atomic mass is 10.0. The van der Waals surface area contributed by atoms with E-state index < -0.39 is 0 Å². The first-order valence-electron chi connectivity index (χ1n) is 3.90. The van der Waals surface area contributed by atoms with Crippen molar-refractivity contribution in [1.82, 2.24) is 0 Å². The van der Waals surface area contributed by atoms with Crippen LogP contribution < -0.4 is 0 Å². The van der Waals surface area contributed by atoms with Crippen molar-refractivity contribution in [2.45, 2.75) is 44.5 Å². The highest BCUT2D eigenvalue weighted by molar-refractivity contribution is 9.09. The zero-order valence-electron chi connectivity index (χ0n) is 6.97. The summed E-state index contributed by atoms with van der Waals surface area (Å²) in [6.45, 7) is 6.32. The highest BCUT2D eigenvalue weighted by Crippen LogP contribution is 2.16. The fourth-order valence-electron chi connectivity index (χ4n) is 0.903. The molecule has 10 heavy (non-hydrogen) atoms. The summed E-state index contributed by atoms with van der Waals surface area (Å²) in [5.41, 5.74) is 0. The molecule has 0 saturated carbocycles. The molecule has 0 aliphatic rings. The van der Waals surface area contributed by atoms with Crippen LogP contribution in [0.15, 0.2) is 0 Å². The van der Waals surface area contributed by atoms with Crippen molar-refractivity contribution < 1.29 is 5.11 Å². The first-order valence-corrected chi connectivity index (χ1v) is 4.81. The number of rotatable bonds is 4. The van der Waals surface area contributed by atoms with Gasteiger partial charge in [-0.05, 0) is 18.8 Å². The van der Waals surface area contributed by atoms with E-state index in [1.165, 1.54) is 0 Å². The van der Waals surface area contributed by atoms with Gasteiger partial charge in [-0.15, -0.1) is 0 Å². The largest absolute Gasteiger partial charge is 0.392 e. The Morgan fingerprint density at radius 3 is 2.20 bits per heavy atom. The Bertz CT molecular complexity index is 83.3. The van der Waals surface area contributed by atoms with E-state index in [9.17, 15) is 5.11 Å². The number of hydrogen-bond acceptors (Lipinski definition) is 1. The van der Waals surface area contributed by atoms with Gasteiger partial charge in [0.1, 0.15) is 0 Å². The van der Waals surface area contributed by atoms with Crippen LogP contribution in [-0.2, 0) is 0 Å². The van der Waals surface area contributed by atoms with Gasteiger partial charge >= 0.3 is 0 Å². The van der Waals surface area contributed by atoms with E-state index >= 15 is 0 Å². The maximum atomic E-state index is 9.44. The van der Waals surface area contributed by atoms with Gasteiger partial charge in [-0.1, -0.05) is 36.7 Å². The van der Waals surface area contributed by atoms with Crippen LogP contribution in [0, 0.1) is 5.92 Å². The molecule has 0 heterocycles. The van der Waals surface area contributed by atoms with E-state index in [1.807, 2.05) is 0 Å². The summed E-state index contributed by atoms with van der Waals surface area (Å²) in [7, 11) is 0. The predicted octanol–water partition coefficient (Wildman–Crippen LogP) is 2.57. The van der Waals surface area contributed by atoms with E-state index in [0.717, 1.165) is 12.8 Å². The third-order valence-electron chi connectivity index (χ3n) is 1.52. The van der Waals surface area contributed by atoms with Crippen molar-refractivity contribution in [1.29, 1.82) is 0 Å². The van der Waals surface area contributed by atoms with E-state index in [0.29, 0.717) is 5.92 Å². The molecule has 0 amide bonds. The van der Waals surface area contributed by atoms with Crippen molar-refractivity contribution in [3.05, 3.63) is 0 Å². The molecule has 0 aromatic carbocycles. The Labute approximate surface area is 72.0 Å². The van der Waals surface area contributed by atoms with E-state index in [-0.39, 0.29) is 10.9 Å². The summed E-state index contributed by atoms with van der Waals surface area (Å²) in [6.07, 6.45) is 1.71. The normalized spacial score (nSPS) is 17.4. The van der Waals surface area contributed by atoms with Gasteiger partial charge in [0, 0.05) is 4.83 Å². The van der Waals surface area contributed by atoms with E-state index in [4.69, 9.17) is 0 Å². The Hall–Kier alpha value is 0.440. The summed E-state index contributed by atoms with van der Waals surface area (Å²) in [5, 5.41) is 9.44. The van der Waals surface area contributed by atoms with Gasteiger partial charge < -0.3 is 5.11 Å². The highest BCUT2D eigenvalue weighted by Gasteiger charge is 2.14. The van der Waals surface area contributed by atoms with Gasteiger partial charge in [0.15, 0.2) is 0 Å². The van der Waals surface area contributed by atoms with Gasteiger partial charge in [0.2, 0.25) is 0 Å². The summed E-state index contributed by atoms with van der Waals surface area (Å²) in [6, 6.07) is 0. The van der Waals surface area contributed by atoms with Gasteiger partial charge in [0.05, 0.1) is 6.10 Å². The number of aliphatic hydroxyl groups is 1. The third-order valence-corrected chi connectivity index (χ3v) is 2.78. The van der Waals surface area contributed by atoms with Gasteiger partial charge in [-0.25, -0.2) is 0 Å². The molecule has 0 fully saturated rings. The second-order valence-corrected chi connectivity index (χ2v) is 4.30. The van der Waals surface area contributed by atoms with Crippen LogP contribution >= 0.6 is 15.9 Å². The Morgan fingerprint density at radius 2 is 1.90 bits per heavy atom. The van der Waals surface area contributed by atoms with Crippen molar-refractivity contribution in [3.63, 3.8) is 0 Å². The highest BCUT2D eigenvalue weighted by atomic mass is 79.9. The fourth-order valence-corrected chi connectivity index (χ4v) is 1.12. The van der Waals surface area contributed by atoms with E-state index in [2.05, 4.69) is 36.7 Å². The molecule has 2 unspecified atom stereocenters.